The van der Waals surface area contributed by atoms with Gasteiger partial charge in [0.15, 0.2) is 0 Å². The van der Waals surface area contributed by atoms with Crippen LogP contribution in [0.1, 0.15) is 52.1 Å². The number of phenolic OH excluding ortho intramolecular Hbond substituents is 1. The minimum atomic E-state index is -0.209. The number of para-hydroxylation sites is 2. The number of hydrogen-bond acceptors (Lipinski definition) is 4. The summed E-state index contributed by atoms with van der Waals surface area (Å²) >= 11 is 0. The van der Waals surface area contributed by atoms with Crippen molar-refractivity contribution < 1.29 is 14.6 Å². The van der Waals surface area contributed by atoms with E-state index < -0.39 is 0 Å². The molecule has 0 bridgehead atoms. The van der Waals surface area contributed by atoms with E-state index in [1.54, 1.807) is 19.2 Å². The molecule has 5 heteroatoms. The summed E-state index contributed by atoms with van der Waals surface area (Å²) in [5.41, 5.74) is 3.48. The monoisotopic (exact) mass is 406 g/mol. The van der Waals surface area contributed by atoms with Gasteiger partial charge < -0.3 is 14.6 Å². The third-order valence-corrected chi connectivity index (χ3v) is 5.65. The lowest BCUT2D eigenvalue weighted by molar-refractivity contribution is -0.162. The van der Waals surface area contributed by atoms with E-state index in [4.69, 9.17) is 14.6 Å². The number of aromatic nitrogens is 2. The predicted molar refractivity (Wildman–Crippen MR) is 118 cm³/mol. The van der Waals surface area contributed by atoms with Crippen LogP contribution in [0.4, 0.5) is 0 Å². The number of ether oxygens (including phenoxy) is 2. The second-order valence-corrected chi connectivity index (χ2v) is 9.31. The smallest absolute Gasteiger partial charge is 0.144 e. The van der Waals surface area contributed by atoms with Gasteiger partial charge in [-0.2, -0.15) is 5.10 Å². The molecule has 0 aliphatic carbocycles. The Morgan fingerprint density at radius 2 is 1.63 bits per heavy atom. The maximum Gasteiger partial charge on any atom is 0.144 e. The number of methoxy groups -OCH3 is 1. The molecule has 1 aromatic heterocycles. The molecule has 0 radical (unpaired) electrons. The average molecular weight is 407 g/mol. The van der Waals surface area contributed by atoms with Gasteiger partial charge in [-0.15, -0.1) is 0 Å². The van der Waals surface area contributed by atoms with Crippen molar-refractivity contribution in [2.75, 3.05) is 7.11 Å². The zero-order valence-electron chi connectivity index (χ0n) is 18.3. The molecule has 5 nitrogen and oxygen atoms in total. The molecule has 2 heterocycles. The number of aromatic hydroxyl groups is 1. The summed E-state index contributed by atoms with van der Waals surface area (Å²) < 4.78 is 13.9. The molecular weight excluding hydrogens is 376 g/mol. The highest BCUT2D eigenvalue weighted by molar-refractivity contribution is 5.65. The van der Waals surface area contributed by atoms with Crippen LogP contribution in [0.3, 0.4) is 0 Å². The highest BCUT2D eigenvalue weighted by Gasteiger charge is 2.41. The Bertz CT molecular complexity index is 1020. The Morgan fingerprint density at radius 3 is 2.27 bits per heavy atom. The van der Waals surface area contributed by atoms with Gasteiger partial charge in [0.25, 0.3) is 0 Å². The van der Waals surface area contributed by atoms with Gasteiger partial charge in [0.05, 0.1) is 29.7 Å². The maximum absolute atomic E-state index is 9.74. The molecule has 0 atom stereocenters. The molecule has 4 rings (SSSR count). The first-order chi connectivity index (χ1) is 14.2. The molecule has 30 heavy (non-hydrogen) atoms. The SMILES string of the molecule is COc1ccccc1-n1nc(C2CC(C)(C)OC(C)(C)C2)cc1-c1ccc(O)cc1. The molecule has 2 aromatic carbocycles. The third-order valence-electron chi connectivity index (χ3n) is 5.65. The van der Waals surface area contributed by atoms with Gasteiger partial charge in [-0.1, -0.05) is 12.1 Å². The van der Waals surface area contributed by atoms with E-state index in [0.717, 1.165) is 41.2 Å². The van der Waals surface area contributed by atoms with Crippen LogP contribution in [0.2, 0.25) is 0 Å². The summed E-state index contributed by atoms with van der Waals surface area (Å²) in [6, 6.07) is 17.3. The molecule has 158 valence electrons. The van der Waals surface area contributed by atoms with Gasteiger partial charge in [-0.3, -0.25) is 0 Å². The summed E-state index contributed by atoms with van der Waals surface area (Å²) in [5.74, 6) is 1.30. The summed E-state index contributed by atoms with van der Waals surface area (Å²) in [6.07, 6.45) is 1.82. The molecule has 0 amide bonds. The normalized spacial score (nSPS) is 18.3. The lowest BCUT2D eigenvalue weighted by Crippen LogP contribution is -2.44. The van der Waals surface area contributed by atoms with Crippen molar-refractivity contribution >= 4 is 0 Å². The van der Waals surface area contributed by atoms with Crippen molar-refractivity contribution in [1.82, 2.24) is 9.78 Å². The van der Waals surface area contributed by atoms with E-state index in [-0.39, 0.29) is 22.9 Å². The van der Waals surface area contributed by atoms with Crippen LogP contribution < -0.4 is 4.74 Å². The first-order valence-corrected chi connectivity index (χ1v) is 10.4. The van der Waals surface area contributed by atoms with Crippen LogP contribution in [-0.4, -0.2) is 33.2 Å². The van der Waals surface area contributed by atoms with E-state index in [0.29, 0.717) is 0 Å². The Kier molecular flexibility index (Phi) is 5.10. The van der Waals surface area contributed by atoms with Crippen molar-refractivity contribution in [3.8, 4) is 28.4 Å². The maximum atomic E-state index is 9.74. The number of phenols is 1. The van der Waals surface area contributed by atoms with E-state index in [2.05, 4.69) is 33.8 Å². The molecular formula is C25H30N2O3. The van der Waals surface area contributed by atoms with Gasteiger partial charge in [0, 0.05) is 11.5 Å². The average Bonchev–Trinajstić information content (AvgIpc) is 3.11. The largest absolute Gasteiger partial charge is 0.508 e. The first-order valence-electron chi connectivity index (χ1n) is 10.4. The third kappa shape index (κ3) is 4.08. The number of rotatable bonds is 4. The molecule has 1 aliphatic heterocycles. The van der Waals surface area contributed by atoms with Crippen LogP contribution in [-0.2, 0) is 4.74 Å². The fourth-order valence-corrected chi connectivity index (χ4v) is 4.72. The van der Waals surface area contributed by atoms with E-state index >= 15 is 0 Å². The molecule has 1 aliphatic rings. The van der Waals surface area contributed by atoms with Crippen molar-refractivity contribution in [2.24, 2.45) is 0 Å². The second kappa shape index (κ2) is 7.47. The zero-order chi connectivity index (χ0) is 21.5. The predicted octanol–water partition coefficient (Wildman–Crippen LogP) is 5.70. The summed E-state index contributed by atoms with van der Waals surface area (Å²) in [6.45, 7) is 8.61. The summed E-state index contributed by atoms with van der Waals surface area (Å²) in [7, 11) is 1.67. The first kappa shape index (κ1) is 20.5. The van der Waals surface area contributed by atoms with Crippen LogP contribution in [0.5, 0.6) is 11.5 Å². The lowest BCUT2D eigenvalue weighted by atomic mass is 9.79. The molecule has 0 spiro atoms. The molecule has 1 N–H and O–H groups in total. The Balaban J connectivity index is 1.85. The van der Waals surface area contributed by atoms with Gasteiger partial charge in [-0.25, -0.2) is 4.68 Å². The van der Waals surface area contributed by atoms with Crippen LogP contribution >= 0.6 is 0 Å². The van der Waals surface area contributed by atoms with Gasteiger partial charge in [0.2, 0.25) is 0 Å². The van der Waals surface area contributed by atoms with Crippen molar-refractivity contribution in [2.45, 2.75) is 57.7 Å². The Labute approximate surface area is 178 Å². The number of nitrogens with zero attached hydrogens (tertiary/aromatic N) is 2. The van der Waals surface area contributed by atoms with Crippen molar-refractivity contribution in [3.63, 3.8) is 0 Å². The minimum Gasteiger partial charge on any atom is -0.508 e. The molecule has 1 fully saturated rings. The lowest BCUT2D eigenvalue weighted by Gasteiger charge is -2.45. The molecule has 3 aromatic rings. The zero-order valence-corrected chi connectivity index (χ0v) is 18.3. The van der Waals surface area contributed by atoms with E-state index in [1.807, 2.05) is 41.1 Å². The highest BCUT2D eigenvalue weighted by atomic mass is 16.5. The number of benzene rings is 2. The second-order valence-electron chi connectivity index (χ2n) is 9.31. The van der Waals surface area contributed by atoms with E-state index in [9.17, 15) is 5.11 Å². The number of hydrogen-bond donors (Lipinski definition) is 1. The standard InChI is InChI=1S/C25H30N2O3/c1-24(2)15-18(16-25(3,4)30-24)20-14-22(17-10-12-19(28)13-11-17)27(26-20)21-8-6-7-9-23(21)29-5/h6-14,18,28H,15-16H2,1-5H3. The van der Waals surface area contributed by atoms with Gasteiger partial charge in [0.1, 0.15) is 17.2 Å². The Morgan fingerprint density at radius 1 is 1.00 bits per heavy atom. The van der Waals surface area contributed by atoms with Crippen molar-refractivity contribution in [3.05, 3.63) is 60.3 Å². The molecule has 0 saturated carbocycles. The van der Waals surface area contributed by atoms with Gasteiger partial charge in [-0.05, 0) is 83.0 Å². The van der Waals surface area contributed by atoms with Crippen LogP contribution in [0.15, 0.2) is 54.6 Å². The van der Waals surface area contributed by atoms with Gasteiger partial charge >= 0.3 is 0 Å². The fourth-order valence-electron chi connectivity index (χ4n) is 4.72. The minimum absolute atomic E-state index is 0.209. The summed E-state index contributed by atoms with van der Waals surface area (Å²) in [4.78, 5) is 0. The Hall–Kier alpha value is -2.79. The highest BCUT2D eigenvalue weighted by Crippen LogP contribution is 2.44. The fraction of sp³-hybridized carbons (Fsp3) is 0.400. The quantitative estimate of drug-likeness (QED) is 0.603. The van der Waals surface area contributed by atoms with Crippen LogP contribution in [0.25, 0.3) is 16.9 Å². The van der Waals surface area contributed by atoms with E-state index in [1.165, 1.54) is 0 Å². The van der Waals surface area contributed by atoms with Crippen molar-refractivity contribution in [1.29, 1.82) is 0 Å². The van der Waals surface area contributed by atoms with Crippen LogP contribution in [0, 0.1) is 0 Å². The topological polar surface area (TPSA) is 56.5 Å². The summed E-state index contributed by atoms with van der Waals surface area (Å²) in [5, 5.41) is 14.8. The molecule has 1 saturated heterocycles. The molecule has 0 unspecified atom stereocenters.